The molecular weight excluding hydrogens is 290 g/mol. The Morgan fingerprint density at radius 1 is 1.38 bits per heavy atom. The van der Waals surface area contributed by atoms with Crippen LogP contribution in [0.3, 0.4) is 0 Å². The monoisotopic (exact) mass is 307 g/mol. The van der Waals surface area contributed by atoms with Gasteiger partial charge in [-0.1, -0.05) is 30.0 Å². The van der Waals surface area contributed by atoms with Crippen molar-refractivity contribution in [3.05, 3.63) is 29.8 Å². The second kappa shape index (κ2) is 7.80. The third-order valence-corrected chi connectivity index (χ3v) is 3.56. The summed E-state index contributed by atoms with van der Waals surface area (Å²) in [5.74, 6) is 0.613. The third kappa shape index (κ3) is 4.57. The molecule has 0 saturated heterocycles. The number of methoxy groups -OCH3 is 1. The molecule has 0 saturated carbocycles. The van der Waals surface area contributed by atoms with E-state index in [2.05, 4.69) is 15.5 Å². The molecule has 1 aromatic carbocycles. The number of carbonyl (C=O) groups excluding carboxylic acids is 1. The van der Waals surface area contributed by atoms with Crippen LogP contribution in [0.4, 0.5) is 0 Å². The van der Waals surface area contributed by atoms with Crippen molar-refractivity contribution in [1.82, 2.24) is 15.5 Å². The quantitative estimate of drug-likeness (QED) is 0.622. The highest BCUT2D eigenvalue weighted by atomic mass is 32.2. The summed E-state index contributed by atoms with van der Waals surface area (Å²) in [6.45, 7) is 2.97. The van der Waals surface area contributed by atoms with Crippen LogP contribution in [0.5, 0.6) is 0 Å². The summed E-state index contributed by atoms with van der Waals surface area (Å²) in [5.41, 5.74) is 1.97. The standard InChI is InChI=1S/C14H17N3O3S/c1-10-5-3-4-6-11(10)13-16-17-14(20-13)21-9-12(18)15-7-8-19-2/h3-6H,7-9H2,1-2H3,(H,15,18). The van der Waals surface area contributed by atoms with Gasteiger partial charge in [-0.3, -0.25) is 4.79 Å². The van der Waals surface area contributed by atoms with Gasteiger partial charge in [0.25, 0.3) is 5.22 Å². The highest BCUT2D eigenvalue weighted by molar-refractivity contribution is 7.99. The number of thioether (sulfide) groups is 1. The van der Waals surface area contributed by atoms with Gasteiger partial charge >= 0.3 is 0 Å². The maximum absolute atomic E-state index is 11.5. The molecule has 7 heteroatoms. The summed E-state index contributed by atoms with van der Waals surface area (Å²) in [6, 6.07) is 7.78. The van der Waals surface area contributed by atoms with Gasteiger partial charge in [0.1, 0.15) is 0 Å². The molecule has 0 atom stereocenters. The van der Waals surface area contributed by atoms with Crippen LogP contribution in [-0.4, -0.2) is 42.1 Å². The Hall–Kier alpha value is -1.86. The minimum atomic E-state index is -0.0901. The van der Waals surface area contributed by atoms with E-state index in [1.165, 1.54) is 11.8 Å². The van der Waals surface area contributed by atoms with Gasteiger partial charge in [-0.15, -0.1) is 10.2 Å². The molecule has 21 heavy (non-hydrogen) atoms. The Bertz CT molecular complexity index is 601. The largest absolute Gasteiger partial charge is 0.411 e. The smallest absolute Gasteiger partial charge is 0.277 e. The van der Waals surface area contributed by atoms with Gasteiger partial charge in [0.2, 0.25) is 11.8 Å². The molecule has 0 spiro atoms. The Morgan fingerprint density at radius 3 is 2.95 bits per heavy atom. The number of rotatable bonds is 7. The van der Waals surface area contributed by atoms with Gasteiger partial charge < -0.3 is 14.5 Å². The van der Waals surface area contributed by atoms with Crippen molar-refractivity contribution in [2.24, 2.45) is 0 Å². The van der Waals surface area contributed by atoms with E-state index < -0.39 is 0 Å². The molecule has 1 aromatic heterocycles. The summed E-state index contributed by atoms with van der Waals surface area (Å²) in [6.07, 6.45) is 0. The van der Waals surface area contributed by atoms with E-state index in [0.29, 0.717) is 24.3 Å². The fourth-order valence-electron chi connectivity index (χ4n) is 1.66. The van der Waals surface area contributed by atoms with Crippen LogP contribution >= 0.6 is 11.8 Å². The van der Waals surface area contributed by atoms with Gasteiger partial charge in [0, 0.05) is 19.2 Å². The predicted molar refractivity (Wildman–Crippen MR) is 80.1 cm³/mol. The minimum absolute atomic E-state index is 0.0901. The van der Waals surface area contributed by atoms with Crippen LogP contribution in [0.15, 0.2) is 33.9 Å². The molecule has 1 amide bonds. The molecule has 0 radical (unpaired) electrons. The maximum Gasteiger partial charge on any atom is 0.277 e. The van der Waals surface area contributed by atoms with E-state index in [0.717, 1.165) is 11.1 Å². The molecule has 0 aliphatic rings. The molecular formula is C14H17N3O3S. The van der Waals surface area contributed by atoms with Crippen molar-refractivity contribution in [3.63, 3.8) is 0 Å². The number of carbonyl (C=O) groups is 1. The normalized spacial score (nSPS) is 10.6. The lowest BCUT2D eigenvalue weighted by Gasteiger charge is -2.02. The van der Waals surface area contributed by atoms with Crippen molar-refractivity contribution >= 4 is 17.7 Å². The fraction of sp³-hybridized carbons (Fsp3) is 0.357. The zero-order chi connectivity index (χ0) is 15.1. The second-order valence-corrected chi connectivity index (χ2v) is 5.25. The van der Waals surface area contributed by atoms with Crippen molar-refractivity contribution in [2.75, 3.05) is 26.0 Å². The SMILES string of the molecule is COCCNC(=O)CSc1nnc(-c2ccccc2C)o1. The summed E-state index contributed by atoms with van der Waals surface area (Å²) in [7, 11) is 1.59. The molecule has 0 aliphatic carbocycles. The minimum Gasteiger partial charge on any atom is -0.411 e. The van der Waals surface area contributed by atoms with Crippen LogP contribution in [0.25, 0.3) is 11.5 Å². The van der Waals surface area contributed by atoms with E-state index in [-0.39, 0.29) is 11.7 Å². The van der Waals surface area contributed by atoms with E-state index in [9.17, 15) is 4.79 Å². The molecule has 6 nitrogen and oxygen atoms in total. The summed E-state index contributed by atoms with van der Waals surface area (Å²) >= 11 is 1.21. The number of aryl methyl sites for hydroxylation is 1. The van der Waals surface area contributed by atoms with Crippen LogP contribution in [0.2, 0.25) is 0 Å². The zero-order valence-corrected chi connectivity index (χ0v) is 12.8. The lowest BCUT2D eigenvalue weighted by Crippen LogP contribution is -2.28. The first-order valence-corrected chi connectivity index (χ1v) is 7.47. The van der Waals surface area contributed by atoms with Gasteiger partial charge in [-0.25, -0.2) is 0 Å². The van der Waals surface area contributed by atoms with Gasteiger partial charge in [-0.2, -0.15) is 0 Å². The Kier molecular flexibility index (Phi) is 5.77. The van der Waals surface area contributed by atoms with Crippen LogP contribution in [0, 0.1) is 6.92 Å². The average Bonchev–Trinajstić information content (AvgIpc) is 2.94. The number of nitrogens with zero attached hydrogens (tertiary/aromatic N) is 2. The summed E-state index contributed by atoms with van der Waals surface area (Å²) < 4.78 is 10.4. The van der Waals surface area contributed by atoms with Crippen molar-refractivity contribution in [3.8, 4) is 11.5 Å². The topological polar surface area (TPSA) is 77.2 Å². The van der Waals surface area contributed by atoms with Crippen LogP contribution in [0.1, 0.15) is 5.56 Å². The molecule has 2 rings (SSSR count). The lowest BCUT2D eigenvalue weighted by molar-refractivity contribution is -0.118. The van der Waals surface area contributed by atoms with Crippen molar-refractivity contribution in [1.29, 1.82) is 0 Å². The summed E-state index contributed by atoms with van der Waals surface area (Å²) in [5, 5.41) is 11.1. The molecule has 0 aliphatic heterocycles. The first-order chi connectivity index (χ1) is 10.2. The number of nitrogens with one attached hydrogen (secondary N) is 1. The molecule has 0 fully saturated rings. The number of aromatic nitrogens is 2. The molecule has 112 valence electrons. The van der Waals surface area contributed by atoms with E-state index in [1.54, 1.807) is 7.11 Å². The average molecular weight is 307 g/mol. The molecule has 0 bridgehead atoms. The molecule has 1 N–H and O–H groups in total. The van der Waals surface area contributed by atoms with Crippen LogP contribution in [-0.2, 0) is 9.53 Å². The first-order valence-electron chi connectivity index (χ1n) is 6.48. The highest BCUT2D eigenvalue weighted by Gasteiger charge is 2.12. The lowest BCUT2D eigenvalue weighted by atomic mass is 10.1. The van der Waals surface area contributed by atoms with Crippen LogP contribution < -0.4 is 5.32 Å². The Balaban J connectivity index is 1.89. The predicted octanol–water partition coefficient (Wildman–Crippen LogP) is 1.90. The molecule has 1 heterocycles. The molecule has 0 unspecified atom stereocenters. The highest BCUT2D eigenvalue weighted by Crippen LogP contribution is 2.25. The van der Waals surface area contributed by atoms with E-state index in [4.69, 9.17) is 9.15 Å². The Morgan fingerprint density at radius 2 is 2.19 bits per heavy atom. The molecule has 2 aromatic rings. The van der Waals surface area contributed by atoms with Gasteiger partial charge in [-0.05, 0) is 18.6 Å². The number of ether oxygens (including phenoxy) is 1. The number of benzene rings is 1. The van der Waals surface area contributed by atoms with E-state index in [1.807, 2.05) is 31.2 Å². The fourth-order valence-corrected chi connectivity index (χ4v) is 2.25. The van der Waals surface area contributed by atoms with Crippen molar-refractivity contribution in [2.45, 2.75) is 12.1 Å². The van der Waals surface area contributed by atoms with Gasteiger partial charge in [0.05, 0.1) is 12.4 Å². The second-order valence-electron chi connectivity index (χ2n) is 4.32. The van der Waals surface area contributed by atoms with Crippen molar-refractivity contribution < 1.29 is 13.9 Å². The zero-order valence-electron chi connectivity index (χ0n) is 12.0. The van der Waals surface area contributed by atoms with E-state index >= 15 is 0 Å². The number of hydrogen-bond donors (Lipinski definition) is 1. The van der Waals surface area contributed by atoms with Gasteiger partial charge in [0.15, 0.2) is 0 Å². The Labute approximate surface area is 127 Å². The number of hydrogen-bond acceptors (Lipinski definition) is 6. The first kappa shape index (κ1) is 15.5. The maximum atomic E-state index is 11.5. The summed E-state index contributed by atoms with van der Waals surface area (Å²) in [4.78, 5) is 11.5. The number of amides is 1. The third-order valence-electron chi connectivity index (χ3n) is 2.74.